The molecule has 0 saturated heterocycles. The molecule has 1 saturated carbocycles. The fraction of sp³-hybridized carbons (Fsp3) is 0.667. The smallest absolute Gasteiger partial charge is 0.396 e. The minimum atomic E-state index is -4.88. The van der Waals surface area contributed by atoms with Gasteiger partial charge in [-0.05, 0) is 54.9 Å². The summed E-state index contributed by atoms with van der Waals surface area (Å²) in [5, 5.41) is 9.15. The topological polar surface area (TPSA) is 46.5 Å². The van der Waals surface area contributed by atoms with Crippen LogP contribution in [-0.4, -0.2) is 24.1 Å². The van der Waals surface area contributed by atoms with Crippen molar-refractivity contribution in [1.82, 2.24) is 0 Å². The maximum absolute atomic E-state index is 12.9. The van der Waals surface area contributed by atoms with Crippen LogP contribution in [0.3, 0.4) is 0 Å². The number of ether oxygens (including phenoxy) is 1. The van der Waals surface area contributed by atoms with Crippen LogP contribution in [0, 0.1) is 22.7 Å². The molecular formula is C27H36F6O3. The van der Waals surface area contributed by atoms with Crippen molar-refractivity contribution in [2.24, 2.45) is 22.7 Å². The first-order valence-electron chi connectivity index (χ1n) is 12.2. The highest BCUT2D eigenvalue weighted by atomic mass is 19.4. The van der Waals surface area contributed by atoms with Gasteiger partial charge in [-0.2, -0.15) is 26.3 Å². The van der Waals surface area contributed by atoms with Crippen LogP contribution >= 0.6 is 0 Å². The highest BCUT2D eigenvalue weighted by molar-refractivity contribution is 5.81. The summed E-state index contributed by atoms with van der Waals surface area (Å²) in [7, 11) is 0. The zero-order valence-corrected chi connectivity index (χ0v) is 21.2. The molecule has 0 heterocycles. The predicted octanol–water partition coefficient (Wildman–Crippen LogP) is 7.61. The van der Waals surface area contributed by atoms with Gasteiger partial charge in [-0.15, -0.1) is 0 Å². The molecule has 0 aromatic heterocycles. The summed E-state index contributed by atoms with van der Waals surface area (Å²) >= 11 is 0. The molecule has 3 nitrogen and oxygen atoms in total. The van der Waals surface area contributed by atoms with Crippen LogP contribution in [0.15, 0.2) is 30.4 Å². The summed E-state index contributed by atoms with van der Waals surface area (Å²) < 4.78 is 82.7. The highest BCUT2D eigenvalue weighted by Crippen LogP contribution is 2.43. The first kappa shape index (κ1) is 30.4. The normalized spacial score (nSPS) is 21.9. The van der Waals surface area contributed by atoms with Gasteiger partial charge in [0.25, 0.3) is 0 Å². The minimum Gasteiger partial charge on any atom is -0.396 e. The van der Waals surface area contributed by atoms with Crippen molar-refractivity contribution in [2.75, 3.05) is 13.2 Å². The molecule has 204 valence electrons. The van der Waals surface area contributed by atoms with E-state index >= 15 is 0 Å². The van der Waals surface area contributed by atoms with Gasteiger partial charge in [0.05, 0.1) is 24.3 Å². The van der Waals surface area contributed by atoms with Crippen molar-refractivity contribution in [3.8, 4) is 0 Å². The summed E-state index contributed by atoms with van der Waals surface area (Å²) in [6.45, 7) is 8.29. The number of benzene rings is 1. The minimum absolute atomic E-state index is 0.0920. The number of carbonyl (C=O) groups excluding carboxylic acids is 1. The molecule has 1 fully saturated rings. The quantitative estimate of drug-likeness (QED) is 0.296. The van der Waals surface area contributed by atoms with Crippen LogP contribution < -0.4 is 0 Å². The molecular weight excluding hydrogens is 486 g/mol. The number of hydrogen-bond donors (Lipinski definition) is 1. The summed E-state index contributed by atoms with van der Waals surface area (Å²) in [4.78, 5) is 11.6. The van der Waals surface area contributed by atoms with E-state index in [0.29, 0.717) is 43.9 Å². The Bertz CT molecular complexity index is 877. The standard InChI is InChI=1S/C18H20F6O2.C9H16O/c1-11(2)16(4-3-15(25)8-16)10-26-9-12-5-13(17(19,20)21)7-14(6-12)18(22,23)24;1-8(2)9(7-10)5-3-4-6-9/h5-7,11H,3-4,8-10H2,1-2H3;3-4,8,10H,5-7H2,1-2H3. The molecule has 2 aliphatic carbocycles. The first-order valence-corrected chi connectivity index (χ1v) is 12.2. The Morgan fingerprint density at radius 3 is 1.72 bits per heavy atom. The number of allylic oxidation sites excluding steroid dienone is 2. The molecule has 0 aliphatic heterocycles. The lowest BCUT2D eigenvalue weighted by molar-refractivity contribution is -0.143. The number of halogens is 6. The zero-order valence-electron chi connectivity index (χ0n) is 21.2. The Labute approximate surface area is 208 Å². The monoisotopic (exact) mass is 522 g/mol. The second-order valence-corrected chi connectivity index (χ2v) is 10.7. The Balaban J connectivity index is 0.000000380. The van der Waals surface area contributed by atoms with E-state index < -0.39 is 28.9 Å². The predicted molar refractivity (Wildman–Crippen MR) is 125 cm³/mol. The van der Waals surface area contributed by atoms with Gasteiger partial charge in [0.1, 0.15) is 5.78 Å². The van der Waals surface area contributed by atoms with Crippen molar-refractivity contribution in [3.05, 3.63) is 47.0 Å². The molecule has 1 N–H and O–H groups in total. The number of rotatable bonds is 7. The number of hydrogen-bond acceptors (Lipinski definition) is 3. The Hall–Kier alpha value is -1.87. The Kier molecular flexibility index (Phi) is 9.84. The van der Waals surface area contributed by atoms with Crippen LogP contribution in [-0.2, 0) is 28.5 Å². The van der Waals surface area contributed by atoms with Gasteiger partial charge in [0.15, 0.2) is 0 Å². The lowest BCUT2D eigenvalue weighted by Crippen LogP contribution is -2.30. The molecule has 1 aromatic rings. The van der Waals surface area contributed by atoms with Crippen LogP contribution in [0.5, 0.6) is 0 Å². The molecule has 36 heavy (non-hydrogen) atoms. The van der Waals surface area contributed by atoms with Gasteiger partial charge in [-0.3, -0.25) is 4.79 Å². The van der Waals surface area contributed by atoms with E-state index in [1.165, 1.54) is 0 Å². The summed E-state index contributed by atoms with van der Waals surface area (Å²) in [5.74, 6) is 0.800. The van der Waals surface area contributed by atoms with Crippen LogP contribution in [0.1, 0.15) is 76.5 Å². The molecule has 1 aromatic carbocycles. The Morgan fingerprint density at radius 2 is 1.39 bits per heavy atom. The molecule has 9 heteroatoms. The summed E-state index contributed by atoms with van der Waals surface area (Å²) in [6, 6.07) is 1.42. The molecule has 1 atom stereocenters. The molecule has 0 radical (unpaired) electrons. The van der Waals surface area contributed by atoms with Gasteiger partial charge < -0.3 is 9.84 Å². The summed E-state index contributed by atoms with van der Waals surface area (Å²) in [5.41, 5.74) is -3.15. The van der Waals surface area contributed by atoms with Gasteiger partial charge in [-0.1, -0.05) is 39.8 Å². The fourth-order valence-electron chi connectivity index (χ4n) is 4.72. The van der Waals surface area contributed by atoms with E-state index in [0.717, 1.165) is 12.8 Å². The van der Waals surface area contributed by atoms with E-state index in [2.05, 4.69) is 26.0 Å². The zero-order chi connectivity index (χ0) is 27.4. The number of carbonyl (C=O) groups is 1. The second kappa shape index (κ2) is 11.7. The molecule has 0 amide bonds. The molecule has 1 unspecified atom stereocenters. The lowest BCUT2D eigenvalue weighted by atomic mass is 9.76. The van der Waals surface area contributed by atoms with Crippen LogP contribution in [0.4, 0.5) is 26.3 Å². The second-order valence-electron chi connectivity index (χ2n) is 10.7. The van der Waals surface area contributed by atoms with E-state index in [4.69, 9.17) is 9.84 Å². The van der Waals surface area contributed by atoms with Gasteiger partial charge in [0, 0.05) is 30.3 Å². The lowest BCUT2D eigenvalue weighted by Gasteiger charge is -2.32. The third kappa shape index (κ3) is 7.57. The molecule has 0 spiro atoms. The maximum atomic E-state index is 12.9. The third-order valence-corrected chi connectivity index (χ3v) is 7.74. The van der Waals surface area contributed by atoms with Gasteiger partial charge in [-0.25, -0.2) is 0 Å². The Morgan fingerprint density at radius 1 is 0.889 bits per heavy atom. The molecule has 0 bridgehead atoms. The van der Waals surface area contributed by atoms with Crippen molar-refractivity contribution in [2.45, 2.75) is 78.8 Å². The van der Waals surface area contributed by atoms with Crippen molar-refractivity contribution in [3.63, 3.8) is 0 Å². The number of aliphatic hydroxyl groups is 1. The SMILES string of the molecule is CC(C)C1(CO)CC=CC1.CC(C)C1(COCc2cc(C(F)(F)F)cc(C(F)(F)F)c2)CCC(=O)C1. The van der Waals surface area contributed by atoms with Crippen LogP contribution in [0.25, 0.3) is 0 Å². The van der Waals surface area contributed by atoms with E-state index in [9.17, 15) is 31.1 Å². The van der Waals surface area contributed by atoms with Crippen LogP contribution in [0.2, 0.25) is 0 Å². The molecule has 2 aliphatic rings. The van der Waals surface area contributed by atoms with Crippen molar-refractivity contribution >= 4 is 5.78 Å². The average Bonchev–Trinajstić information content (AvgIpc) is 3.41. The number of ketones is 1. The highest BCUT2D eigenvalue weighted by Gasteiger charge is 2.41. The van der Waals surface area contributed by atoms with E-state index in [1.54, 1.807) is 0 Å². The number of Topliss-reactive ketones (excluding diaryl/α,β-unsaturated/α-hetero) is 1. The number of alkyl halides is 6. The molecule has 3 rings (SSSR count). The fourth-order valence-corrected chi connectivity index (χ4v) is 4.72. The average molecular weight is 523 g/mol. The first-order chi connectivity index (χ1) is 16.5. The number of aliphatic hydroxyl groups excluding tert-OH is 1. The van der Waals surface area contributed by atoms with Gasteiger partial charge >= 0.3 is 12.4 Å². The van der Waals surface area contributed by atoms with Crippen molar-refractivity contribution in [1.29, 1.82) is 0 Å². The largest absolute Gasteiger partial charge is 0.416 e. The summed E-state index contributed by atoms with van der Waals surface area (Å²) in [6.07, 6.45) is -1.95. The van der Waals surface area contributed by atoms with E-state index in [1.807, 2.05) is 13.8 Å². The van der Waals surface area contributed by atoms with Crippen molar-refractivity contribution < 1.29 is 41.0 Å². The van der Waals surface area contributed by atoms with E-state index in [-0.39, 0.29) is 42.0 Å². The maximum Gasteiger partial charge on any atom is 0.416 e. The third-order valence-electron chi connectivity index (χ3n) is 7.74. The van der Waals surface area contributed by atoms with Gasteiger partial charge in [0.2, 0.25) is 0 Å².